The van der Waals surface area contributed by atoms with Crippen LogP contribution in [0.3, 0.4) is 0 Å². The largest absolute Gasteiger partial charge is 0.438 e. The number of hydrogen-bond acceptors (Lipinski definition) is 7. The Morgan fingerprint density at radius 1 is 1.35 bits per heavy atom. The fourth-order valence-corrected chi connectivity index (χ4v) is 4.17. The second kappa shape index (κ2) is 6.19. The maximum atomic E-state index is 12.5. The van der Waals surface area contributed by atoms with E-state index in [1.165, 1.54) is 6.39 Å². The van der Waals surface area contributed by atoms with Gasteiger partial charge in [0.1, 0.15) is 0 Å². The molecule has 8 heteroatoms. The van der Waals surface area contributed by atoms with Crippen molar-refractivity contribution in [3.8, 4) is 0 Å². The monoisotopic (exact) mass is 359 g/mol. The van der Waals surface area contributed by atoms with Gasteiger partial charge in [0, 0.05) is 31.5 Å². The third-order valence-electron chi connectivity index (χ3n) is 5.37. The molecule has 2 aromatic rings. The molecule has 0 aromatic carbocycles. The first-order valence-electron chi connectivity index (χ1n) is 9.09. The second-order valence-corrected chi connectivity index (χ2v) is 8.20. The molecule has 2 aliphatic heterocycles. The highest BCUT2D eigenvalue weighted by Crippen LogP contribution is 2.47. The number of carbonyl (C=O) groups excluding carboxylic acids is 1. The van der Waals surface area contributed by atoms with Crippen molar-refractivity contribution in [3.05, 3.63) is 29.6 Å². The lowest BCUT2D eigenvalue weighted by Gasteiger charge is -2.47. The summed E-state index contributed by atoms with van der Waals surface area (Å²) in [5, 5.41) is 8.46. The van der Waals surface area contributed by atoms with Crippen molar-refractivity contribution in [1.82, 2.24) is 25.0 Å². The summed E-state index contributed by atoms with van der Waals surface area (Å²) in [4.78, 5) is 20.6. The van der Waals surface area contributed by atoms with E-state index in [0.717, 1.165) is 32.5 Å². The Bertz CT molecular complexity index is 805. The van der Waals surface area contributed by atoms with Crippen LogP contribution in [0.4, 0.5) is 0 Å². The zero-order valence-corrected chi connectivity index (χ0v) is 15.7. The van der Waals surface area contributed by atoms with Gasteiger partial charge in [0.05, 0.1) is 11.7 Å². The van der Waals surface area contributed by atoms with Gasteiger partial charge in [0.15, 0.2) is 6.39 Å². The van der Waals surface area contributed by atoms with Gasteiger partial charge in [-0.3, -0.25) is 9.69 Å². The summed E-state index contributed by atoms with van der Waals surface area (Å²) < 4.78 is 11.1. The van der Waals surface area contributed by atoms with Gasteiger partial charge >= 0.3 is 0 Å². The lowest BCUT2D eigenvalue weighted by Crippen LogP contribution is -2.59. The average molecular weight is 359 g/mol. The first-order valence-corrected chi connectivity index (χ1v) is 9.09. The van der Waals surface area contributed by atoms with Crippen molar-refractivity contribution in [2.75, 3.05) is 26.7 Å². The molecule has 8 nitrogen and oxygen atoms in total. The van der Waals surface area contributed by atoms with E-state index in [-0.39, 0.29) is 17.4 Å². The molecule has 1 unspecified atom stereocenters. The molecule has 26 heavy (non-hydrogen) atoms. The van der Waals surface area contributed by atoms with Crippen molar-refractivity contribution >= 4 is 5.91 Å². The van der Waals surface area contributed by atoms with Crippen molar-refractivity contribution in [1.29, 1.82) is 0 Å². The molecule has 0 radical (unpaired) electrons. The van der Waals surface area contributed by atoms with E-state index in [0.29, 0.717) is 29.2 Å². The Kier molecular flexibility index (Phi) is 4.10. The fourth-order valence-electron chi connectivity index (χ4n) is 4.17. The third kappa shape index (κ3) is 2.92. The first kappa shape index (κ1) is 17.2. The number of amides is 1. The van der Waals surface area contributed by atoms with Crippen molar-refractivity contribution < 1.29 is 13.6 Å². The van der Waals surface area contributed by atoms with E-state index >= 15 is 0 Å². The van der Waals surface area contributed by atoms with Crippen molar-refractivity contribution in [2.45, 2.75) is 39.7 Å². The Morgan fingerprint density at radius 2 is 2.12 bits per heavy atom. The third-order valence-corrected chi connectivity index (χ3v) is 5.37. The van der Waals surface area contributed by atoms with Gasteiger partial charge in [-0.2, -0.15) is 0 Å². The normalized spacial score (nSPS) is 22.3. The topological polar surface area (TPSA) is 88.5 Å². The molecular formula is C18H25N5O3. The summed E-state index contributed by atoms with van der Waals surface area (Å²) >= 11 is 0. The standard InChI is InChI=1S/C18H25N5O3/c1-11(2)5-14-20-21-16(26-14)13-6-18(7-22(13)4)8-23(9-18)17(24)15-12(3)19-10-25-15/h10-11,13H,5-9H2,1-4H3. The lowest BCUT2D eigenvalue weighted by atomic mass is 9.77. The summed E-state index contributed by atoms with van der Waals surface area (Å²) in [5.41, 5.74) is 0.733. The van der Waals surface area contributed by atoms with Gasteiger partial charge in [-0.25, -0.2) is 4.98 Å². The van der Waals surface area contributed by atoms with Crippen LogP contribution in [0.5, 0.6) is 0 Å². The highest BCUT2D eigenvalue weighted by atomic mass is 16.4. The van der Waals surface area contributed by atoms with E-state index in [9.17, 15) is 4.79 Å². The lowest BCUT2D eigenvalue weighted by molar-refractivity contribution is 0.00898. The minimum atomic E-state index is -0.0752. The van der Waals surface area contributed by atoms with Gasteiger partial charge in [0.25, 0.3) is 5.91 Å². The van der Waals surface area contributed by atoms with Crippen LogP contribution in [0, 0.1) is 18.3 Å². The van der Waals surface area contributed by atoms with E-state index in [1.807, 2.05) is 4.90 Å². The molecule has 0 saturated carbocycles. The number of oxazole rings is 1. The molecular weight excluding hydrogens is 334 g/mol. The van der Waals surface area contributed by atoms with Crippen molar-refractivity contribution in [2.24, 2.45) is 11.3 Å². The number of aromatic nitrogens is 3. The van der Waals surface area contributed by atoms with E-state index < -0.39 is 0 Å². The van der Waals surface area contributed by atoms with Crippen LogP contribution in [-0.4, -0.2) is 57.6 Å². The van der Waals surface area contributed by atoms with E-state index in [1.54, 1.807) is 6.92 Å². The van der Waals surface area contributed by atoms with E-state index in [4.69, 9.17) is 8.83 Å². The Labute approximate surface area is 152 Å². The molecule has 0 bridgehead atoms. The highest BCUT2D eigenvalue weighted by molar-refractivity contribution is 5.93. The van der Waals surface area contributed by atoms with Crippen LogP contribution in [0.25, 0.3) is 0 Å². The maximum Gasteiger partial charge on any atom is 0.291 e. The number of hydrogen-bond donors (Lipinski definition) is 0. The van der Waals surface area contributed by atoms with E-state index in [2.05, 4.69) is 41.0 Å². The van der Waals surface area contributed by atoms with Crippen LogP contribution in [0.1, 0.15) is 54.3 Å². The molecule has 0 aliphatic carbocycles. The molecule has 0 N–H and O–H groups in total. The zero-order valence-electron chi connectivity index (χ0n) is 15.7. The number of rotatable bonds is 4. The Hall–Kier alpha value is -2.22. The van der Waals surface area contributed by atoms with Gasteiger partial charge in [0.2, 0.25) is 17.5 Å². The molecule has 2 aliphatic rings. The van der Waals surface area contributed by atoms with Crippen LogP contribution in [0.2, 0.25) is 0 Å². The maximum absolute atomic E-state index is 12.5. The quantitative estimate of drug-likeness (QED) is 0.826. The van der Waals surface area contributed by atoms with Crippen LogP contribution in [0.15, 0.2) is 15.2 Å². The summed E-state index contributed by atoms with van der Waals surface area (Å²) in [6, 6.07) is 0.118. The molecule has 1 spiro atoms. The summed E-state index contributed by atoms with van der Waals surface area (Å²) in [5.74, 6) is 2.15. The molecule has 2 saturated heterocycles. The van der Waals surface area contributed by atoms with Gasteiger partial charge in [-0.1, -0.05) is 13.8 Å². The Balaban J connectivity index is 1.41. The number of nitrogens with zero attached hydrogens (tertiary/aromatic N) is 5. The predicted octanol–water partition coefficient (Wildman–Crippen LogP) is 2.08. The summed E-state index contributed by atoms with van der Waals surface area (Å²) in [6.45, 7) is 8.42. The fraction of sp³-hybridized carbons (Fsp3) is 0.667. The SMILES string of the molecule is Cc1ncoc1C(=O)N1CC2(CC(c3nnc(CC(C)C)o3)N(C)C2)C1. The van der Waals surface area contributed by atoms with Gasteiger partial charge in [-0.15, -0.1) is 10.2 Å². The van der Waals surface area contributed by atoms with Crippen LogP contribution >= 0.6 is 0 Å². The number of aryl methyl sites for hydroxylation is 1. The smallest absolute Gasteiger partial charge is 0.291 e. The Morgan fingerprint density at radius 3 is 2.77 bits per heavy atom. The summed E-state index contributed by atoms with van der Waals surface area (Å²) in [6.07, 6.45) is 3.04. The van der Waals surface area contributed by atoms with Crippen LogP contribution < -0.4 is 0 Å². The van der Waals surface area contributed by atoms with Gasteiger partial charge < -0.3 is 13.7 Å². The van der Waals surface area contributed by atoms with Crippen LogP contribution in [-0.2, 0) is 6.42 Å². The zero-order chi connectivity index (χ0) is 18.5. The summed E-state index contributed by atoms with van der Waals surface area (Å²) in [7, 11) is 2.08. The number of carbonyl (C=O) groups is 1. The molecule has 4 rings (SSSR count). The molecule has 2 aromatic heterocycles. The van der Waals surface area contributed by atoms with Crippen molar-refractivity contribution in [3.63, 3.8) is 0 Å². The molecule has 1 atom stereocenters. The second-order valence-electron chi connectivity index (χ2n) is 8.20. The number of likely N-dealkylation sites (tertiary alicyclic amines) is 2. The molecule has 140 valence electrons. The molecule has 2 fully saturated rings. The molecule has 1 amide bonds. The predicted molar refractivity (Wildman–Crippen MR) is 92.4 cm³/mol. The minimum absolute atomic E-state index is 0.0752. The minimum Gasteiger partial charge on any atom is -0.438 e. The first-order chi connectivity index (χ1) is 12.4. The van der Waals surface area contributed by atoms with Gasteiger partial charge in [-0.05, 0) is 26.3 Å². The average Bonchev–Trinajstić information content (AvgIpc) is 3.23. The molecule has 4 heterocycles. The highest BCUT2D eigenvalue weighted by Gasteiger charge is 2.53.